The molecule has 0 aliphatic carbocycles. The van der Waals surface area contributed by atoms with Gasteiger partial charge in [-0.05, 0) is 75.7 Å². The fourth-order valence-corrected chi connectivity index (χ4v) is 5.78. The van der Waals surface area contributed by atoms with Crippen molar-refractivity contribution < 1.29 is 31.2 Å². The van der Waals surface area contributed by atoms with Gasteiger partial charge in [0.25, 0.3) is 10.0 Å². The zero-order valence-electron chi connectivity index (χ0n) is 23.2. The lowest BCUT2D eigenvalue weighted by Gasteiger charge is -2.32. The van der Waals surface area contributed by atoms with Crippen molar-refractivity contribution in [3.63, 3.8) is 0 Å². The number of nitrogens with one attached hydrogen (secondary N) is 1. The van der Waals surface area contributed by atoms with E-state index in [9.17, 15) is 31.2 Å². The normalized spacial score (nSPS) is 12.6. The van der Waals surface area contributed by atoms with Crippen LogP contribution in [0.3, 0.4) is 0 Å². The molecule has 42 heavy (non-hydrogen) atoms. The van der Waals surface area contributed by atoms with Crippen molar-refractivity contribution in [1.29, 1.82) is 0 Å². The third-order valence-electron chi connectivity index (χ3n) is 6.30. The van der Waals surface area contributed by atoms with Gasteiger partial charge < -0.3 is 10.2 Å². The average Bonchev–Trinajstić information content (AvgIpc) is 2.90. The van der Waals surface area contributed by atoms with E-state index in [-0.39, 0.29) is 17.5 Å². The number of nitrogens with zero attached hydrogens (tertiary/aromatic N) is 2. The van der Waals surface area contributed by atoms with E-state index < -0.39 is 56.9 Å². The minimum absolute atomic E-state index is 0.102. The number of benzene rings is 3. The topological polar surface area (TPSA) is 86.8 Å². The predicted molar refractivity (Wildman–Crippen MR) is 157 cm³/mol. The zero-order chi connectivity index (χ0) is 31.4. The predicted octanol–water partition coefficient (Wildman–Crippen LogP) is 6.46. The second-order valence-electron chi connectivity index (χ2n) is 9.97. The molecule has 3 rings (SSSR count). The molecule has 13 heteroatoms. The summed E-state index contributed by atoms with van der Waals surface area (Å²) in [6, 6.07) is 13.4. The molecule has 0 heterocycles. The highest BCUT2D eigenvalue weighted by atomic mass is 35.5. The molecule has 0 aromatic heterocycles. The third kappa shape index (κ3) is 8.17. The Morgan fingerprint density at radius 1 is 0.929 bits per heavy atom. The lowest BCUT2D eigenvalue weighted by Crippen LogP contribution is -2.52. The van der Waals surface area contributed by atoms with Crippen LogP contribution in [0.25, 0.3) is 0 Å². The minimum atomic E-state index is -4.89. The number of alkyl halides is 3. The van der Waals surface area contributed by atoms with E-state index in [1.165, 1.54) is 36.1 Å². The van der Waals surface area contributed by atoms with E-state index >= 15 is 0 Å². The van der Waals surface area contributed by atoms with E-state index in [1.54, 1.807) is 45.0 Å². The van der Waals surface area contributed by atoms with Gasteiger partial charge in [0.05, 0.1) is 21.2 Å². The van der Waals surface area contributed by atoms with Gasteiger partial charge in [-0.15, -0.1) is 0 Å². The highest BCUT2D eigenvalue weighted by Crippen LogP contribution is 2.38. The fraction of sp³-hybridized carbons (Fsp3) is 0.310. The van der Waals surface area contributed by atoms with Gasteiger partial charge >= 0.3 is 6.18 Å². The second kappa shape index (κ2) is 13.4. The summed E-state index contributed by atoms with van der Waals surface area (Å²) in [4.78, 5) is 27.7. The van der Waals surface area contributed by atoms with Crippen LogP contribution in [0.2, 0.25) is 10.0 Å². The fourth-order valence-electron chi connectivity index (χ4n) is 4.03. The van der Waals surface area contributed by atoms with Crippen LogP contribution >= 0.6 is 23.2 Å². The number of hydrogen-bond donors (Lipinski definition) is 1. The van der Waals surface area contributed by atoms with Crippen molar-refractivity contribution in [2.45, 2.75) is 57.4 Å². The summed E-state index contributed by atoms with van der Waals surface area (Å²) < 4.78 is 69.5. The smallest absolute Gasteiger partial charge is 0.352 e. The van der Waals surface area contributed by atoms with E-state index in [1.807, 2.05) is 0 Å². The number of sulfonamides is 1. The molecule has 0 saturated heterocycles. The highest BCUT2D eigenvalue weighted by molar-refractivity contribution is 7.92. The van der Waals surface area contributed by atoms with Crippen LogP contribution in [0.15, 0.2) is 71.6 Å². The van der Waals surface area contributed by atoms with Crippen LogP contribution in [0.4, 0.5) is 18.9 Å². The van der Waals surface area contributed by atoms with E-state index in [2.05, 4.69) is 5.32 Å². The summed E-state index contributed by atoms with van der Waals surface area (Å²) in [5.74, 6) is -1.32. The van der Waals surface area contributed by atoms with Gasteiger partial charge in [-0.25, -0.2) is 8.42 Å². The lowest BCUT2D eigenvalue weighted by atomic mass is 10.1. The maximum atomic E-state index is 13.9. The Morgan fingerprint density at radius 2 is 1.52 bits per heavy atom. The second-order valence-corrected chi connectivity index (χ2v) is 12.7. The first-order valence-corrected chi connectivity index (χ1v) is 15.0. The molecule has 0 unspecified atom stereocenters. The summed E-state index contributed by atoms with van der Waals surface area (Å²) in [5, 5.41) is 2.54. The molecule has 0 aliphatic heterocycles. The van der Waals surface area contributed by atoms with Gasteiger partial charge in [0.1, 0.15) is 12.6 Å². The molecule has 3 aromatic rings. The van der Waals surface area contributed by atoms with Crippen LogP contribution in [-0.4, -0.2) is 43.8 Å². The zero-order valence-corrected chi connectivity index (χ0v) is 25.6. The molecule has 226 valence electrons. The average molecular weight is 645 g/mol. The molecule has 0 bridgehead atoms. The number of amides is 2. The van der Waals surface area contributed by atoms with Gasteiger partial charge in [-0.1, -0.05) is 53.0 Å². The largest absolute Gasteiger partial charge is 0.417 e. The molecule has 0 fully saturated rings. The van der Waals surface area contributed by atoms with Crippen molar-refractivity contribution in [2.24, 2.45) is 0 Å². The Balaban J connectivity index is 2.12. The molecule has 1 atom stereocenters. The number of aryl methyl sites for hydroxylation is 1. The molecular formula is C29H30Cl2F3N3O4S. The molecule has 2 amide bonds. The standard InChI is InChI=1S/C29H30Cl2F3N3O4S/c1-18(2)35-28(39)20(4)36(16-21-7-9-22(30)10-8-21)27(38)17-37(42(40,41)24-12-5-19(3)6-13-24)23-11-14-26(31)25(15-23)29(32,33)34/h5-15,18,20H,16-17H2,1-4H3,(H,35,39)/t20-/m1/s1. The van der Waals surface area contributed by atoms with Crippen molar-refractivity contribution in [3.05, 3.63) is 93.5 Å². The number of halogens is 5. The van der Waals surface area contributed by atoms with Crippen LogP contribution in [0.5, 0.6) is 0 Å². The van der Waals surface area contributed by atoms with Crippen LogP contribution in [-0.2, 0) is 32.3 Å². The molecule has 1 N–H and O–H groups in total. The summed E-state index contributed by atoms with van der Waals surface area (Å²) >= 11 is 11.8. The highest BCUT2D eigenvalue weighted by Gasteiger charge is 2.37. The number of anilines is 1. The van der Waals surface area contributed by atoms with Crippen LogP contribution in [0, 0.1) is 6.92 Å². The van der Waals surface area contributed by atoms with Crippen molar-refractivity contribution in [3.8, 4) is 0 Å². The van der Waals surface area contributed by atoms with Crippen molar-refractivity contribution in [2.75, 3.05) is 10.8 Å². The maximum Gasteiger partial charge on any atom is 0.417 e. The summed E-state index contributed by atoms with van der Waals surface area (Å²) in [7, 11) is -4.56. The minimum Gasteiger partial charge on any atom is -0.352 e. The van der Waals surface area contributed by atoms with Gasteiger partial charge in [-0.2, -0.15) is 13.2 Å². The van der Waals surface area contributed by atoms with Crippen LogP contribution in [0.1, 0.15) is 37.5 Å². The Kier molecular flexibility index (Phi) is 10.6. The Hall–Kier alpha value is -3.28. The van der Waals surface area contributed by atoms with Crippen molar-refractivity contribution in [1.82, 2.24) is 10.2 Å². The molecule has 0 aliphatic rings. The Labute approximate surface area is 253 Å². The first-order chi connectivity index (χ1) is 19.5. The summed E-state index contributed by atoms with van der Waals surface area (Å²) in [6.45, 7) is 5.70. The third-order valence-corrected chi connectivity index (χ3v) is 8.67. The Morgan fingerprint density at radius 3 is 2.07 bits per heavy atom. The lowest BCUT2D eigenvalue weighted by molar-refractivity contribution is -0.139. The quantitative estimate of drug-likeness (QED) is 0.275. The van der Waals surface area contributed by atoms with Gasteiger partial charge in [-0.3, -0.25) is 13.9 Å². The first-order valence-electron chi connectivity index (χ1n) is 12.8. The summed E-state index contributed by atoms with van der Waals surface area (Å²) in [6.07, 6.45) is -4.89. The number of carbonyl (C=O) groups excluding carboxylic acids is 2. The molecule has 7 nitrogen and oxygen atoms in total. The molecule has 0 radical (unpaired) electrons. The number of rotatable bonds is 10. The molecule has 0 spiro atoms. The van der Waals surface area contributed by atoms with Gasteiger partial charge in [0.2, 0.25) is 11.8 Å². The first kappa shape index (κ1) is 33.2. The number of hydrogen-bond acceptors (Lipinski definition) is 4. The molecular weight excluding hydrogens is 614 g/mol. The number of carbonyl (C=O) groups is 2. The Bertz CT molecular complexity index is 1530. The van der Waals surface area contributed by atoms with E-state index in [0.29, 0.717) is 21.0 Å². The monoisotopic (exact) mass is 643 g/mol. The van der Waals surface area contributed by atoms with E-state index in [0.717, 1.165) is 17.7 Å². The van der Waals surface area contributed by atoms with Gasteiger partial charge in [0, 0.05) is 17.6 Å². The molecule has 0 saturated carbocycles. The maximum absolute atomic E-state index is 13.9. The molecule has 3 aromatic carbocycles. The van der Waals surface area contributed by atoms with E-state index in [4.69, 9.17) is 23.2 Å². The summed E-state index contributed by atoms with van der Waals surface area (Å²) in [5.41, 5.74) is -0.343. The van der Waals surface area contributed by atoms with Crippen LogP contribution < -0.4 is 9.62 Å². The van der Waals surface area contributed by atoms with Gasteiger partial charge in [0.15, 0.2) is 0 Å². The SMILES string of the molecule is Cc1ccc(S(=O)(=O)N(CC(=O)N(Cc2ccc(Cl)cc2)[C@H](C)C(=O)NC(C)C)c2ccc(Cl)c(C(F)(F)F)c2)cc1. The van der Waals surface area contributed by atoms with Crippen molar-refractivity contribution >= 4 is 50.7 Å².